The van der Waals surface area contributed by atoms with E-state index in [9.17, 15) is 4.79 Å². The Morgan fingerprint density at radius 1 is 1.53 bits per heavy atom. The Balaban J connectivity index is 2.07. The van der Waals surface area contributed by atoms with Crippen LogP contribution in [0.5, 0.6) is 0 Å². The molecule has 0 aliphatic carbocycles. The van der Waals surface area contributed by atoms with Crippen molar-refractivity contribution in [1.29, 1.82) is 0 Å². The third kappa shape index (κ3) is 3.39. The van der Waals surface area contributed by atoms with Gasteiger partial charge in [-0.3, -0.25) is 9.48 Å². The van der Waals surface area contributed by atoms with Crippen LogP contribution in [-0.4, -0.2) is 39.7 Å². The van der Waals surface area contributed by atoms with Gasteiger partial charge in [0.15, 0.2) is 0 Å². The molecule has 0 radical (unpaired) electrons. The minimum Gasteiger partial charge on any atom is -0.318 e. The number of rotatable bonds is 4. The van der Waals surface area contributed by atoms with Gasteiger partial charge in [0, 0.05) is 25.2 Å². The first-order valence-corrected chi connectivity index (χ1v) is 6.74. The predicted molar refractivity (Wildman–Crippen MR) is 75.4 cm³/mol. The Bertz CT molecular complexity index is 587. The molecule has 2 rings (SSSR count). The van der Waals surface area contributed by atoms with Gasteiger partial charge >= 0.3 is 0 Å². The van der Waals surface area contributed by atoms with Gasteiger partial charge in [0.1, 0.15) is 10.7 Å². The average Bonchev–Trinajstić information content (AvgIpc) is 2.86. The third-order valence-electron chi connectivity index (χ3n) is 2.50. The summed E-state index contributed by atoms with van der Waals surface area (Å²) in [5.41, 5.74) is 1.96. The fraction of sp³-hybridized carbons (Fsp3) is 0.417. The minimum absolute atomic E-state index is 0.197. The van der Waals surface area contributed by atoms with Crippen molar-refractivity contribution in [2.75, 3.05) is 19.4 Å². The van der Waals surface area contributed by atoms with Crippen LogP contribution in [0.15, 0.2) is 11.6 Å². The van der Waals surface area contributed by atoms with Crippen molar-refractivity contribution >= 4 is 22.9 Å². The van der Waals surface area contributed by atoms with Gasteiger partial charge in [-0.05, 0) is 21.0 Å². The number of aryl methyl sites for hydroxylation is 2. The zero-order chi connectivity index (χ0) is 14.0. The van der Waals surface area contributed by atoms with Crippen molar-refractivity contribution in [1.82, 2.24) is 19.7 Å². The summed E-state index contributed by atoms with van der Waals surface area (Å²) < 4.78 is 1.67. The van der Waals surface area contributed by atoms with E-state index in [1.807, 2.05) is 33.0 Å². The number of nitrogens with zero attached hydrogens (tertiary/aromatic N) is 4. The summed E-state index contributed by atoms with van der Waals surface area (Å²) in [6.45, 7) is 2.60. The highest BCUT2D eigenvalue weighted by molar-refractivity contribution is 7.09. The maximum atomic E-state index is 12.1. The van der Waals surface area contributed by atoms with E-state index in [0.717, 1.165) is 22.9 Å². The number of amides is 1. The first-order valence-electron chi connectivity index (χ1n) is 5.86. The van der Waals surface area contributed by atoms with E-state index in [1.165, 1.54) is 11.3 Å². The van der Waals surface area contributed by atoms with Crippen LogP contribution in [0, 0.1) is 6.92 Å². The van der Waals surface area contributed by atoms with Crippen molar-refractivity contribution in [2.45, 2.75) is 13.5 Å². The van der Waals surface area contributed by atoms with Gasteiger partial charge in [-0.2, -0.15) is 5.10 Å². The smallest absolute Gasteiger partial charge is 0.275 e. The SMILES string of the molecule is Cc1nn(C)cc1NC(=O)c1csc(CN(C)C)n1. The molecule has 0 fully saturated rings. The number of anilines is 1. The zero-order valence-electron chi connectivity index (χ0n) is 11.5. The van der Waals surface area contributed by atoms with Gasteiger partial charge in [-0.15, -0.1) is 11.3 Å². The summed E-state index contributed by atoms with van der Waals surface area (Å²) in [4.78, 5) is 18.4. The average molecular weight is 279 g/mol. The molecule has 0 saturated heterocycles. The highest BCUT2D eigenvalue weighted by Crippen LogP contribution is 2.15. The molecule has 1 amide bonds. The van der Waals surface area contributed by atoms with Crippen LogP contribution in [0.4, 0.5) is 5.69 Å². The number of thiazole rings is 1. The number of nitrogens with one attached hydrogen (secondary N) is 1. The number of aromatic nitrogens is 3. The molecule has 0 spiro atoms. The molecule has 0 saturated carbocycles. The molecule has 2 aromatic rings. The summed E-state index contributed by atoms with van der Waals surface area (Å²) >= 11 is 1.49. The van der Waals surface area contributed by atoms with E-state index in [-0.39, 0.29) is 5.91 Å². The molecule has 102 valence electrons. The normalized spacial score (nSPS) is 11.0. The van der Waals surface area contributed by atoms with Gasteiger partial charge in [-0.25, -0.2) is 4.98 Å². The van der Waals surface area contributed by atoms with E-state index < -0.39 is 0 Å². The highest BCUT2D eigenvalue weighted by Gasteiger charge is 2.13. The topological polar surface area (TPSA) is 63.1 Å². The first-order chi connectivity index (χ1) is 8.95. The van der Waals surface area contributed by atoms with Crippen LogP contribution >= 0.6 is 11.3 Å². The van der Waals surface area contributed by atoms with Crippen molar-refractivity contribution in [3.8, 4) is 0 Å². The fourth-order valence-electron chi connectivity index (χ4n) is 1.67. The lowest BCUT2D eigenvalue weighted by Crippen LogP contribution is -2.14. The van der Waals surface area contributed by atoms with Gasteiger partial charge in [0.05, 0.1) is 11.4 Å². The van der Waals surface area contributed by atoms with Crippen LogP contribution in [0.2, 0.25) is 0 Å². The predicted octanol–water partition coefficient (Wildman–Crippen LogP) is 1.50. The monoisotopic (exact) mass is 279 g/mol. The lowest BCUT2D eigenvalue weighted by atomic mass is 10.3. The Morgan fingerprint density at radius 3 is 2.84 bits per heavy atom. The molecule has 2 aromatic heterocycles. The number of hydrogen-bond donors (Lipinski definition) is 1. The van der Waals surface area contributed by atoms with Crippen LogP contribution in [0.25, 0.3) is 0 Å². The van der Waals surface area contributed by atoms with E-state index >= 15 is 0 Å². The summed E-state index contributed by atoms with van der Waals surface area (Å²) in [5.74, 6) is -0.197. The lowest BCUT2D eigenvalue weighted by molar-refractivity contribution is 0.102. The van der Waals surface area contributed by atoms with Crippen LogP contribution in [0.1, 0.15) is 21.2 Å². The number of carbonyl (C=O) groups excluding carboxylic acids is 1. The number of hydrogen-bond acceptors (Lipinski definition) is 5. The standard InChI is InChI=1S/C12H17N5OS/c1-8-9(5-17(4)15-8)14-12(18)10-7-19-11(13-10)6-16(2)3/h5,7H,6H2,1-4H3,(H,14,18). The van der Waals surface area contributed by atoms with E-state index in [0.29, 0.717) is 5.69 Å². The molecule has 0 atom stereocenters. The quantitative estimate of drug-likeness (QED) is 0.921. The molecule has 0 unspecified atom stereocenters. The molecular formula is C12H17N5OS. The fourth-order valence-corrected chi connectivity index (χ4v) is 2.56. The highest BCUT2D eigenvalue weighted by atomic mass is 32.1. The van der Waals surface area contributed by atoms with E-state index in [4.69, 9.17) is 0 Å². The Labute approximate surface area is 116 Å². The van der Waals surface area contributed by atoms with Crippen LogP contribution < -0.4 is 5.32 Å². The molecule has 0 aromatic carbocycles. The number of carbonyl (C=O) groups is 1. The second kappa shape index (κ2) is 5.50. The van der Waals surface area contributed by atoms with Gasteiger partial charge in [0.2, 0.25) is 0 Å². The lowest BCUT2D eigenvalue weighted by Gasteiger charge is -2.05. The summed E-state index contributed by atoms with van der Waals surface area (Å²) in [6.07, 6.45) is 1.78. The molecule has 19 heavy (non-hydrogen) atoms. The van der Waals surface area contributed by atoms with Gasteiger partial charge in [-0.1, -0.05) is 0 Å². The maximum Gasteiger partial charge on any atom is 0.275 e. The molecule has 0 bridgehead atoms. The largest absolute Gasteiger partial charge is 0.318 e. The Hall–Kier alpha value is -1.73. The van der Waals surface area contributed by atoms with Gasteiger partial charge in [0.25, 0.3) is 5.91 Å². The molecule has 2 heterocycles. The Kier molecular flexibility index (Phi) is 3.96. The van der Waals surface area contributed by atoms with Crippen molar-refractivity contribution < 1.29 is 4.79 Å². The molecule has 6 nitrogen and oxygen atoms in total. The molecule has 0 aliphatic rings. The maximum absolute atomic E-state index is 12.1. The second-order valence-electron chi connectivity index (χ2n) is 4.62. The van der Waals surface area contributed by atoms with Crippen LogP contribution in [0.3, 0.4) is 0 Å². The Morgan fingerprint density at radius 2 is 2.26 bits per heavy atom. The third-order valence-corrected chi connectivity index (χ3v) is 3.33. The summed E-state index contributed by atoms with van der Waals surface area (Å²) in [5, 5.41) is 9.71. The van der Waals surface area contributed by atoms with Gasteiger partial charge < -0.3 is 10.2 Å². The molecular weight excluding hydrogens is 262 g/mol. The summed E-state index contributed by atoms with van der Waals surface area (Å²) in [6, 6.07) is 0. The van der Waals surface area contributed by atoms with E-state index in [2.05, 4.69) is 15.4 Å². The molecule has 0 aliphatic heterocycles. The van der Waals surface area contributed by atoms with Crippen molar-refractivity contribution in [2.24, 2.45) is 7.05 Å². The minimum atomic E-state index is -0.197. The first kappa shape index (κ1) is 13.7. The second-order valence-corrected chi connectivity index (χ2v) is 5.56. The zero-order valence-corrected chi connectivity index (χ0v) is 12.3. The van der Waals surface area contributed by atoms with Crippen molar-refractivity contribution in [3.05, 3.63) is 28.0 Å². The molecule has 1 N–H and O–H groups in total. The molecule has 7 heteroatoms. The summed E-state index contributed by atoms with van der Waals surface area (Å²) in [7, 11) is 5.76. The van der Waals surface area contributed by atoms with Crippen molar-refractivity contribution in [3.63, 3.8) is 0 Å². The van der Waals surface area contributed by atoms with E-state index in [1.54, 1.807) is 16.3 Å². The van der Waals surface area contributed by atoms with Crippen LogP contribution in [-0.2, 0) is 13.6 Å².